The van der Waals surface area contributed by atoms with Gasteiger partial charge in [-0.15, -0.1) is 0 Å². The Morgan fingerprint density at radius 2 is 2.39 bits per heavy atom. The van der Waals surface area contributed by atoms with Crippen LogP contribution in [0.25, 0.3) is 6.08 Å². The minimum absolute atomic E-state index is 0.116. The fraction of sp³-hybridized carbons (Fsp3) is 0.231. The molecule has 2 aliphatic heterocycles. The van der Waals surface area contributed by atoms with Gasteiger partial charge in [-0.2, -0.15) is 0 Å². The fourth-order valence-corrected chi connectivity index (χ4v) is 3.15. The van der Waals surface area contributed by atoms with E-state index in [4.69, 9.17) is 17.0 Å². The van der Waals surface area contributed by atoms with Crippen LogP contribution in [0.5, 0.6) is 5.75 Å². The highest BCUT2D eigenvalue weighted by atomic mass is 32.2. The van der Waals surface area contributed by atoms with Crippen molar-refractivity contribution < 1.29 is 9.53 Å². The Kier molecular flexibility index (Phi) is 2.87. The molecule has 18 heavy (non-hydrogen) atoms. The van der Waals surface area contributed by atoms with Gasteiger partial charge in [0.2, 0.25) is 0 Å². The van der Waals surface area contributed by atoms with E-state index in [1.54, 1.807) is 0 Å². The molecule has 0 saturated carbocycles. The Bertz CT molecular complexity index is 580. The molecule has 2 aliphatic rings. The molecule has 1 N–H and O–H groups in total. The van der Waals surface area contributed by atoms with E-state index in [2.05, 4.69) is 18.3 Å². The van der Waals surface area contributed by atoms with Crippen LogP contribution in [0.4, 0.5) is 0 Å². The standard InChI is InChI=1S/C13H11NO2S2/c1-7-4-9-5-8(2-3-10(9)16-7)6-11-12(15)14-13(17)18-11/h2-3,5-7H,4H2,1H3,(H,14,15,17)/b11-6-/t7-/m0/s1. The molecule has 0 aromatic heterocycles. The number of hydrogen-bond acceptors (Lipinski definition) is 4. The summed E-state index contributed by atoms with van der Waals surface area (Å²) in [7, 11) is 0. The van der Waals surface area contributed by atoms with Crippen LogP contribution in [0.3, 0.4) is 0 Å². The van der Waals surface area contributed by atoms with E-state index >= 15 is 0 Å². The van der Waals surface area contributed by atoms with Crippen LogP contribution in [-0.4, -0.2) is 16.3 Å². The number of carbonyl (C=O) groups is 1. The highest BCUT2D eigenvalue weighted by Gasteiger charge is 2.23. The average molecular weight is 277 g/mol. The predicted molar refractivity (Wildman–Crippen MR) is 76.5 cm³/mol. The maximum absolute atomic E-state index is 11.6. The number of amides is 1. The van der Waals surface area contributed by atoms with Gasteiger partial charge in [0.05, 0.1) is 4.91 Å². The Hall–Kier alpha value is -1.33. The number of fused-ring (bicyclic) bond motifs is 1. The van der Waals surface area contributed by atoms with E-state index < -0.39 is 0 Å². The van der Waals surface area contributed by atoms with Crippen molar-refractivity contribution in [2.24, 2.45) is 0 Å². The molecule has 1 fully saturated rings. The Morgan fingerprint density at radius 3 is 3.11 bits per heavy atom. The number of hydrogen-bond donors (Lipinski definition) is 1. The van der Waals surface area contributed by atoms with E-state index in [-0.39, 0.29) is 12.0 Å². The Labute approximate surface area is 115 Å². The smallest absolute Gasteiger partial charge is 0.263 e. The molecule has 1 aromatic carbocycles. The summed E-state index contributed by atoms with van der Waals surface area (Å²) in [5.41, 5.74) is 2.21. The molecule has 92 valence electrons. The van der Waals surface area contributed by atoms with Crippen LogP contribution in [0.1, 0.15) is 18.1 Å². The summed E-state index contributed by atoms with van der Waals surface area (Å²) in [6.45, 7) is 2.05. The molecule has 1 atom stereocenters. The first kappa shape index (κ1) is 11.7. The summed E-state index contributed by atoms with van der Waals surface area (Å²) < 4.78 is 6.16. The zero-order chi connectivity index (χ0) is 12.7. The van der Waals surface area contributed by atoms with Crippen LogP contribution in [0.2, 0.25) is 0 Å². The number of ether oxygens (including phenoxy) is 1. The van der Waals surface area contributed by atoms with E-state index in [0.29, 0.717) is 9.23 Å². The lowest BCUT2D eigenvalue weighted by molar-refractivity contribution is -0.115. The van der Waals surface area contributed by atoms with Crippen LogP contribution in [-0.2, 0) is 11.2 Å². The van der Waals surface area contributed by atoms with Crippen molar-refractivity contribution in [1.82, 2.24) is 5.32 Å². The lowest BCUT2D eigenvalue weighted by Gasteiger charge is -2.02. The fourth-order valence-electron chi connectivity index (χ4n) is 2.10. The second-order valence-corrected chi connectivity index (χ2v) is 6.07. The molecule has 3 rings (SSSR count). The third-order valence-corrected chi connectivity index (χ3v) is 4.02. The van der Waals surface area contributed by atoms with Gasteiger partial charge in [-0.05, 0) is 36.3 Å². The zero-order valence-electron chi connectivity index (χ0n) is 9.73. The second kappa shape index (κ2) is 4.40. The number of carbonyl (C=O) groups excluding carboxylic acids is 1. The minimum Gasteiger partial charge on any atom is -0.490 e. The maximum Gasteiger partial charge on any atom is 0.263 e. The van der Waals surface area contributed by atoms with Crippen LogP contribution < -0.4 is 10.1 Å². The second-order valence-electron chi connectivity index (χ2n) is 4.35. The van der Waals surface area contributed by atoms with Crippen LogP contribution in [0.15, 0.2) is 23.1 Å². The molecular weight excluding hydrogens is 266 g/mol. The summed E-state index contributed by atoms with van der Waals surface area (Å²) in [5.74, 6) is 0.832. The van der Waals surface area contributed by atoms with Crippen molar-refractivity contribution in [1.29, 1.82) is 0 Å². The number of thiocarbonyl (C=S) groups is 1. The minimum atomic E-state index is -0.116. The lowest BCUT2D eigenvalue weighted by atomic mass is 10.1. The summed E-state index contributed by atoms with van der Waals surface area (Å²) in [4.78, 5) is 12.2. The van der Waals surface area contributed by atoms with Gasteiger partial charge in [0.25, 0.3) is 5.91 Å². The molecule has 3 nitrogen and oxygen atoms in total. The Balaban J connectivity index is 1.91. The van der Waals surface area contributed by atoms with E-state index in [9.17, 15) is 4.79 Å². The topological polar surface area (TPSA) is 38.3 Å². The summed E-state index contributed by atoms with van der Waals surface area (Å²) >= 11 is 6.26. The molecule has 1 aromatic rings. The van der Waals surface area contributed by atoms with Gasteiger partial charge < -0.3 is 10.1 Å². The SMILES string of the molecule is C[C@H]1Cc2cc(/C=C3\SC(=S)NC3=O)ccc2O1. The first-order valence-corrected chi connectivity index (χ1v) is 6.89. The average Bonchev–Trinajstić information content (AvgIpc) is 2.80. The van der Waals surface area contributed by atoms with Gasteiger partial charge in [-0.1, -0.05) is 30.0 Å². The first-order chi connectivity index (χ1) is 8.61. The number of thioether (sulfide) groups is 1. The molecule has 2 heterocycles. The number of nitrogens with one attached hydrogen (secondary N) is 1. The molecule has 1 amide bonds. The molecule has 0 radical (unpaired) electrons. The van der Waals surface area contributed by atoms with Crippen molar-refractivity contribution in [3.63, 3.8) is 0 Å². The predicted octanol–water partition coefficient (Wildman–Crippen LogP) is 2.50. The zero-order valence-corrected chi connectivity index (χ0v) is 11.4. The maximum atomic E-state index is 11.6. The number of rotatable bonds is 1. The molecule has 1 saturated heterocycles. The van der Waals surface area contributed by atoms with Gasteiger partial charge in [0.15, 0.2) is 0 Å². The molecule has 0 bridgehead atoms. The Morgan fingerprint density at radius 1 is 1.56 bits per heavy atom. The quantitative estimate of drug-likeness (QED) is 0.632. The van der Waals surface area contributed by atoms with Crippen molar-refractivity contribution in [2.45, 2.75) is 19.4 Å². The molecule has 5 heteroatoms. The van der Waals surface area contributed by atoms with Gasteiger partial charge in [0.1, 0.15) is 16.2 Å². The van der Waals surface area contributed by atoms with Crippen molar-refractivity contribution in [3.05, 3.63) is 34.2 Å². The molecule has 0 aliphatic carbocycles. The van der Waals surface area contributed by atoms with E-state index in [1.807, 2.05) is 18.2 Å². The highest BCUT2D eigenvalue weighted by Crippen LogP contribution is 2.31. The van der Waals surface area contributed by atoms with Crippen molar-refractivity contribution in [2.75, 3.05) is 0 Å². The van der Waals surface area contributed by atoms with Gasteiger partial charge in [-0.25, -0.2) is 0 Å². The van der Waals surface area contributed by atoms with E-state index in [0.717, 1.165) is 17.7 Å². The van der Waals surface area contributed by atoms with Gasteiger partial charge in [-0.3, -0.25) is 4.79 Å². The summed E-state index contributed by atoms with van der Waals surface area (Å²) in [5, 5.41) is 2.61. The van der Waals surface area contributed by atoms with Crippen molar-refractivity contribution in [3.8, 4) is 5.75 Å². The normalized spacial score (nSPS) is 24.1. The van der Waals surface area contributed by atoms with Crippen LogP contribution >= 0.6 is 24.0 Å². The molecule has 0 unspecified atom stereocenters. The lowest BCUT2D eigenvalue weighted by Crippen LogP contribution is -2.17. The summed E-state index contributed by atoms with van der Waals surface area (Å²) in [6.07, 6.45) is 3.02. The summed E-state index contributed by atoms with van der Waals surface area (Å²) in [6, 6.07) is 5.99. The number of benzene rings is 1. The van der Waals surface area contributed by atoms with Crippen molar-refractivity contribution >= 4 is 40.3 Å². The third-order valence-electron chi connectivity index (χ3n) is 2.86. The van der Waals surface area contributed by atoms with E-state index in [1.165, 1.54) is 17.3 Å². The van der Waals surface area contributed by atoms with Gasteiger partial charge in [0, 0.05) is 6.42 Å². The monoisotopic (exact) mass is 277 g/mol. The van der Waals surface area contributed by atoms with Crippen LogP contribution in [0, 0.1) is 0 Å². The third kappa shape index (κ3) is 2.15. The molecule has 0 spiro atoms. The largest absolute Gasteiger partial charge is 0.490 e. The highest BCUT2D eigenvalue weighted by molar-refractivity contribution is 8.26. The molecular formula is C13H11NO2S2. The van der Waals surface area contributed by atoms with Gasteiger partial charge >= 0.3 is 0 Å². The first-order valence-electron chi connectivity index (χ1n) is 5.66.